The molecule has 0 saturated heterocycles. The minimum atomic E-state index is -0.332. The summed E-state index contributed by atoms with van der Waals surface area (Å²) in [6, 6.07) is 6.81. The normalized spacial score (nSPS) is 27.5. The van der Waals surface area contributed by atoms with E-state index in [-0.39, 0.29) is 23.4 Å². The standard InChI is InChI=1S/C22H31ClO3/c1-26-21(25)10-5-3-2-4-9-18-19(23)14-20(24)22(18)17-12-11-15-7-6-8-16(15)13-17/h11-13,18-20,22,24H,2-10,14H2,1H3. The first-order valence-corrected chi connectivity index (χ1v) is 10.5. The van der Waals surface area contributed by atoms with Gasteiger partial charge in [0.25, 0.3) is 0 Å². The molecule has 4 atom stereocenters. The Morgan fingerprint density at radius 3 is 2.77 bits per heavy atom. The number of rotatable bonds is 8. The van der Waals surface area contributed by atoms with Crippen LogP contribution in [0.2, 0.25) is 0 Å². The first-order chi connectivity index (χ1) is 12.6. The number of carbonyl (C=O) groups is 1. The van der Waals surface area contributed by atoms with E-state index in [2.05, 4.69) is 22.9 Å². The molecule has 1 aromatic carbocycles. The van der Waals surface area contributed by atoms with Gasteiger partial charge in [0.15, 0.2) is 0 Å². The van der Waals surface area contributed by atoms with Crippen molar-refractivity contribution in [2.24, 2.45) is 5.92 Å². The van der Waals surface area contributed by atoms with Crippen LogP contribution in [0.3, 0.4) is 0 Å². The van der Waals surface area contributed by atoms with E-state index in [0.29, 0.717) is 18.8 Å². The second kappa shape index (κ2) is 9.23. The third-order valence-corrected chi connectivity index (χ3v) is 6.71. The van der Waals surface area contributed by atoms with Crippen molar-refractivity contribution < 1.29 is 14.6 Å². The molecule has 0 bridgehead atoms. The summed E-state index contributed by atoms with van der Waals surface area (Å²) >= 11 is 6.61. The fourth-order valence-electron chi connectivity index (χ4n) is 4.80. The first kappa shape index (κ1) is 19.7. The van der Waals surface area contributed by atoms with E-state index in [4.69, 9.17) is 11.6 Å². The van der Waals surface area contributed by atoms with Crippen molar-refractivity contribution in [3.8, 4) is 0 Å². The number of ether oxygens (including phenoxy) is 1. The molecule has 0 amide bonds. The van der Waals surface area contributed by atoms with Crippen molar-refractivity contribution >= 4 is 17.6 Å². The largest absolute Gasteiger partial charge is 0.469 e. The van der Waals surface area contributed by atoms with Crippen LogP contribution in [0.4, 0.5) is 0 Å². The summed E-state index contributed by atoms with van der Waals surface area (Å²) in [5.41, 5.74) is 4.22. The molecule has 26 heavy (non-hydrogen) atoms. The van der Waals surface area contributed by atoms with Gasteiger partial charge in [-0.25, -0.2) is 0 Å². The highest BCUT2D eigenvalue weighted by Crippen LogP contribution is 2.46. The van der Waals surface area contributed by atoms with E-state index in [1.807, 2.05) is 0 Å². The van der Waals surface area contributed by atoms with E-state index in [0.717, 1.165) is 32.1 Å². The van der Waals surface area contributed by atoms with Gasteiger partial charge in [0, 0.05) is 17.7 Å². The van der Waals surface area contributed by atoms with Gasteiger partial charge in [-0.3, -0.25) is 4.79 Å². The molecule has 1 aromatic rings. The number of hydrogen-bond acceptors (Lipinski definition) is 3. The monoisotopic (exact) mass is 378 g/mol. The lowest BCUT2D eigenvalue weighted by Gasteiger charge is -2.24. The van der Waals surface area contributed by atoms with E-state index in [1.165, 1.54) is 43.1 Å². The number of carbonyl (C=O) groups excluding carboxylic acids is 1. The Hall–Kier alpha value is -1.06. The summed E-state index contributed by atoms with van der Waals surface area (Å²) in [7, 11) is 1.44. The number of methoxy groups -OCH3 is 1. The quantitative estimate of drug-likeness (QED) is 0.403. The van der Waals surface area contributed by atoms with Crippen LogP contribution in [0.25, 0.3) is 0 Å². The maximum absolute atomic E-state index is 11.1. The van der Waals surface area contributed by atoms with Crippen LogP contribution in [-0.2, 0) is 22.4 Å². The van der Waals surface area contributed by atoms with Gasteiger partial charge in [-0.05, 0) is 61.1 Å². The Labute approximate surface area is 162 Å². The highest BCUT2D eigenvalue weighted by Gasteiger charge is 2.42. The molecule has 0 radical (unpaired) electrons. The Morgan fingerprint density at radius 2 is 1.96 bits per heavy atom. The Balaban J connectivity index is 1.54. The highest BCUT2D eigenvalue weighted by molar-refractivity contribution is 6.21. The molecule has 2 aliphatic carbocycles. The van der Waals surface area contributed by atoms with Crippen LogP contribution in [-0.4, -0.2) is 29.7 Å². The van der Waals surface area contributed by atoms with Gasteiger partial charge < -0.3 is 9.84 Å². The van der Waals surface area contributed by atoms with Crippen molar-refractivity contribution in [1.29, 1.82) is 0 Å². The van der Waals surface area contributed by atoms with E-state index < -0.39 is 0 Å². The molecule has 1 saturated carbocycles. The predicted octanol–water partition coefficient (Wildman–Crippen LogP) is 4.76. The Bertz CT molecular complexity index is 615. The topological polar surface area (TPSA) is 46.5 Å². The molecule has 144 valence electrons. The molecule has 3 nitrogen and oxygen atoms in total. The molecule has 0 aromatic heterocycles. The predicted molar refractivity (Wildman–Crippen MR) is 105 cm³/mol. The first-order valence-electron chi connectivity index (χ1n) is 10.1. The number of aliphatic hydroxyl groups excluding tert-OH is 1. The minimum absolute atomic E-state index is 0.0540. The smallest absolute Gasteiger partial charge is 0.305 e. The number of fused-ring (bicyclic) bond motifs is 1. The molecule has 1 fully saturated rings. The molecular weight excluding hydrogens is 348 g/mol. The zero-order chi connectivity index (χ0) is 18.5. The van der Waals surface area contributed by atoms with Gasteiger partial charge in [-0.2, -0.15) is 0 Å². The van der Waals surface area contributed by atoms with Crippen LogP contribution in [0.15, 0.2) is 18.2 Å². The number of esters is 1. The van der Waals surface area contributed by atoms with Gasteiger partial charge in [-0.1, -0.05) is 37.5 Å². The van der Waals surface area contributed by atoms with Crippen molar-refractivity contribution in [2.75, 3.05) is 7.11 Å². The molecule has 0 aliphatic heterocycles. The zero-order valence-corrected chi connectivity index (χ0v) is 16.5. The number of halogens is 1. The third kappa shape index (κ3) is 4.61. The lowest BCUT2D eigenvalue weighted by atomic mass is 9.83. The minimum Gasteiger partial charge on any atom is -0.469 e. The van der Waals surface area contributed by atoms with Gasteiger partial charge >= 0.3 is 5.97 Å². The van der Waals surface area contributed by atoms with Crippen LogP contribution in [0, 0.1) is 5.92 Å². The average Bonchev–Trinajstić information content (AvgIpc) is 3.20. The van der Waals surface area contributed by atoms with Gasteiger partial charge in [0.2, 0.25) is 0 Å². The highest BCUT2D eigenvalue weighted by atomic mass is 35.5. The lowest BCUT2D eigenvalue weighted by molar-refractivity contribution is -0.140. The van der Waals surface area contributed by atoms with E-state index in [9.17, 15) is 9.90 Å². The number of alkyl halides is 1. The van der Waals surface area contributed by atoms with Gasteiger partial charge in [0.1, 0.15) is 0 Å². The average molecular weight is 379 g/mol. The van der Waals surface area contributed by atoms with Gasteiger partial charge in [-0.15, -0.1) is 11.6 Å². The molecule has 2 aliphatic rings. The second-order valence-corrected chi connectivity index (χ2v) is 8.48. The number of unbranched alkanes of at least 4 members (excludes halogenated alkanes) is 3. The van der Waals surface area contributed by atoms with Crippen LogP contribution in [0.1, 0.15) is 74.0 Å². The molecule has 4 heteroatoms. The Kier molecular flexibility index (Phi) is 6.99. The maximum atomic E-state index is 11.1. The van der Waals surface area contributed by atoms with E-state index >= 15 is 0 Å². The van der Waals surface area contributed by atoms with Crippen molar-refractivity contribution in [1.82, 2.24) is 0 Å². The molecule has 1 N–H and O–H groups in total. The van der Waals surface area contributed by atoms with E-state index in [1.54, 1.807) is 0 Å². The fourth-order valence-corrected chi connectivity index (χ4v) is 5.26. The maximum Gasteiger partial charge on any atom is 0.305 e. The van der Waals surface area contributed by atoms with Crippen LogP contribution in [0.5, 0.6) is 0 Å². The second-order valence-electron chi connectivity index (χ2n) is 7.92. The fraction of sp³-hybridized carbons (Fsp3) is 0.682. The summed E-state index contributed by atoms with van der Waals surface area (Å²) in [6.07, 6.45) is 9.65. The molecule has 0 spiro atoms. The number of aryl methyl sites for hydroxylation is 2. The number of benzene rings is 1. The Morgan fingerprint density at radius 1 is 1.19 bits per heavy atom. The van der Waals surface area contributed by atoms with Crippen molar-refractivity contribution in [3.63, 3.8) is 0 Å². The SMILES string of the molecule is COC(=O)CCCCCCC1C(Cl)CC(O)C1c1ccc2c(c1)CCC2. The number of hydrogen-bond donors (Lipinski definition) is 1. The molecule has 0 heterocycles. The molecule has 4 unspecified atom stereocenters. The summed E-state index contributed by atoms with van der Waals surface area (Å²) in [5, 5.41) is 10.7. The van der Waals surface area contributed by atoms with Crippen LogP contribution >= 0.6 is 11.6 Å². The molecule has 3 rings (SSSR count). The molecular formula is C22H31ClO3. The van der Waals surface area contributed by atoms with Crippen LogP contribution < -0.4 is 0 Å². The third-order valence-electron chi connectivity index (χ3n) is 6.21. The zero-order valence-electron chi connectivity index (χ0n) is 15.8. The number of aliphatic hydroxyl groups is 1. The lowest BCUT2D eigenvalue weighted by Crippen LogP contribution is -2.19. The summed E-state index contributed by atoms with van der Waals surface area (Å²) < 4.78 is 4.67. The van der Waals surface area contributed by atoms with Gasteiger partial charge in [0.05, 0.1) is 13.2 Å². The van der Waals surface area contributed by atoms with Crippen molar-refractivity contribution in [2.45, 2.75) is 81.6 Å². The summed E-state index contributed by atoms with van der Waals surface area (Å²) in [4.78, 5) is 11.1. The summed E-state index contributed by atoms with van der Waals surface area (Å²) in [5.74, 6) is 0.381. The summed E-state index contributed by atoms with van der Waals surface area (Å²) in [6.45, 7) is 0. The van der Waals surface area contributed by atoms with Crippen molar-refractivity contribution in [3.05, 3.63) is 34.9 Å².